The molecule has 1 aromatic heterocycles. The van der Waals surface area contributed by atoms with Crippen molar-refractivity contribution in [2.45, 2.75) is 6.92 Å². The summed E-state index contributed by atoms with van der Waals surface area (Å²) < 4.78 is 19.0. The molecule has 110 valence electrons. The number of pyridine rings is 1. The number of ether oxygens (including phenoxy) is 1. The lowest BCUT2D eigenvalue weighted by Gasteiger charge is -2.11. The van der Waals surface area contributed by atoms with Gasteiger partial charge in [-0.05, 0) is 36.8 Å². The molecular weight excluding hydrogens is 275 g/mol. The van der Waals surface area contributed by atoms with Crippen molar-refractivity contribution in [3.8, 4) is 5.75 Å². The number of anilines is 2. The number of nitrogens with zero attached hydrogens (tertiary/aromatic N) is 1. The fourth-order valence-electron chi connectivity index (χ4n) is 1.81. The lowest BCUT2D eigenvalue weighted by molar-refractivity contribution is 0.102. The molecule has 1 amide bonds. The Morgan fingerprint density at radius 3 is 2.76 bits per heavy atom. The molecule has 0 radical (unpaired) electrons. The number of aryl methyl sites for hydroxylation is 1. The molecule has 1 aromatic carbocycles. The van der Waals surface area contributed by atoms with Crippen molar-refractivity contribution in [3.05, 3.63) is 47.4 Å². The van der Waals surface area contributed by atoms with Gasteiger partial charge in [-0.25, -0.2) is 15.2 Å². The van der Waals surface area contributed by atoms with Crippen molar-refractivity contribution >= 4 is 17.4 Å². The Balaban J connectivity index is 2.26. The van der Waals surface area contributed by atoms with Crippen LogP contribution in [0.4, 0.5) is 15.9 Å². The molecule has 0 saturated heterocycles. The lowest BCUT2D eigenvalue weighted by atomic mass is 10.1. The SMILES string of the molecule is COc1ccc(NC(=O)c2ccnc(NN)c2F)c(C)c1. The van der Waals surface area contributed by atoms with Gasteiger partial charge >= 0.3 is 0 Å². The maximum atomic E-state index is 14.0. The monoisotopic (exact) mass is 290 g/mol. The van der Waals surface area contributed by atoms with Gasteiger partial charge in [0.2, 0.25) is 0 Å². The molecule has 4 N–H and O–H groups in total. The summed E-state index contributed by atoms with van der Waals surface area (Å²) in [5.41, 5.74) is 3.32. The number of nitrogen functional groups attached to an aromatic ring is 1. The third-order valence-electron chi connectivity index (χ3n) is 2.95. The van der Waals surface area contributed by atoms with Crippen LogP contribution in [0, 0.1) is 12.7 Å². The van der Waals surface area contributed by atoms with Crippen LogP contribution in [0.25, 0.3) is 0 Å². The zero-order valence-electron chi connectivity index (χ0n) is 11.6. The number of hydrogen-bond donors (Lipinski definition) is 3. The number of hydrogen-bond acceptors (Lipinski definition) is 5. The first kappa shape index (κ1) is 14.7. The minimum Gasteiger partial charge on any atom is -0.497 e. The molecule has 7 heteroatoms. The Morgan fingerprint density at radius 2 is 2.14 bits per heavy atom. The summed E-state index contributed by atoms with van der Waals surface area (Å²) in [6, 6.07) is 6.45. The van der Waals surface area contributed by atoms with Gasteiger partial charge in [0.05, 0.1) is 12.7 Å². The van der Waals surface area contributed by atoms with Crippen LogP contribution in [0.5, 0.6) is 5.75 Å². The maximum absolute atomic E-state index is 14.0. The zero-order valence-corrected chi connectivity index (χ0v) is 11.6. The average Bonchev–Trinajstić information content (AvgIpc) is 2.49. The number of aromatic nitrogens is 1. The van der Waals surface area contributed by atoms with Gasteiger partial charge < -0.3 is 15.5 Å². The number of hydrazine groups is 1. The highest BCUT2D eigenvalue weighted by Gasteiger charge is 2.16. The zero-order chi connectivity index (χ0) is 15.4. The summed E-state index contributed by atoms with van der Waals surface area (Å²) in [4.78, 5) is 15.8. The fourth-order valence-corrected chi connectivity index (χ4v) is 1.81. The van der Waals surface area contributed by atoms with Crippen LogP contribution in [-0.4, -0.2) is 18.0 Å². The molecule has 0 saturated carbocycles. The van der Waals surface area contributed by atoms with Crippen molar-refractivity contribution in [3.63, 3.8) is 0 Å². The van der Waals surface area contributed by atoms with E-state index in [9.17, 15) is 9.18 Å². The van der Waals surface area contributed by atoms with Crippen molar-refractivity contribution in [1.82, 2.24) is 4.98 Å². The van der Waals surface area contributed by atoms with Crippen LogP contribution < -0.4 is 21.3 Å². The van der Waals surface area contributed by atoms with Crippen molar-refractivity contribution < 1.29 is 13.9 Å². The second-order valence-electron chi connectivity index (χ2n) is 4.30. The number of benzene rings is 1. The van der Waals surface area contributed by atoms with Gasteiger partial charge in [-0.15, -0.1) is 0 Å². The summed E-state index contributed by atoms with van der Waals surface area (Å²) in [5, 5.41) is 2.64. The summed E-state index contributed by atoms with van der Waals surface area (Å²) in [6.07, 6.45) is 1.30. The van der Waals surface area contributed by atoms with Gasteiger partial charge in [0.25, 0.3) is 5.91 Å². The second-order valence-corrected chi connectivity index (χ2v) is 4.30. The van der Waals surface area contributed by atoms with E-state index in [4.69, 9.17) is 10.6 Å². The van der Waals surface area contributed by atoms with Crippen LogP contribution in [0.15, 0.2) is 30.5 Å². The van der Waals surface area contributed by atoms with Gasteiger partial charge in [-0.1, -0.05) is 0 Å². The molecule has 21 heavy (non-hydrogen) atoms. The average molecular weight is 290 g/mol. The van der Waals surface area contributed by atoms with E-state index < -0.39 is 11.7 Å². The van der Waals surface area contributed by atoms with E-state index in [0.29, 0.717) is 11.4 Å². The Morgan fingerprint density at radius 1 is 1.38 bits per heavy atom. The van der Waals surface area contributed by atoms with Crippen LogP contribution in [-0.2, 0) is 0 Å². The van der Waals surface area contributed by atoms with Crippen molar-refractivity contribution in [2.75, 3.05) is 17.9 Å². The standard InChI is InChI=1S/C14H15FN4O2/c1-8-7-9(21-2)3-4-11(8)18-14(20)10-5-6-17-13(19-16)12(10)15/h3-7H,16H2,1-2H3,(H,17,19)(H,18,20). The van der Waals surface area contributed by atoms with E-state index in [1.54, 1.807) is 25.3 Å². The van der Waals surface area contributed by atoms with E-state index in [0.717, 1.165) is 5.56 Å². The summed E-state index contributed by atoms with van der Waals surface area (Å²) >= 11 is 0. The predicted molar refractivity (Wildman–Crippen MR) is 77.7 cm³/mol. The molecule has 0 aliphatic heterocycles. The first-order valence-electron chi connectivity index (χ1n) is 6.14. The molecule has 0 atom stereocenters. The number of nitrogens with one attached hydrogen (secondary N) is 2. The minimum absolute atomic E-state index is 0.145. The molecule has 2 rings (SSSR count). The molecule has 0 fully saturated rings. The Hall–Kier alpha value is -2.67. The van der Waals surface area contributed by atoms with Gasteiger partial charge in [-0.3, -0.25) is 4.79 Å². The molecule has 0 aliphatic carbocycles. The van der Waals surface area contributed by atoms with Gasteiger partial charge in [-0.2, -0.15) is 0 Å². The molecular formula is C14H15FN4O2. The fraction of sp³-hybridized carbons (Fsp3) is 0.143. The van der Waals surface area contributed by atoms with Gasteiger partial charge in [0.15, 0.2) is 11.6 Å². The number of methoxy groups -OCH3 is 1. The smallest absolute Gasteiger partial charge is 0.258 e. The number of rotatable bonds is 4. The molecule has 2 aromatic rings. The molecule has 0 aliphatic rings. The molecule has 0 unspecified atom stereocenters. The van der Waals surface area contributed by atoms with Crippen molar-refractivity contribution in [1.29, 1.82) is 0 Å². The van der Waals surface area contributed by atoms with Crippen LogP contribution in [0.3, 0.4) is 0 Å². The molecule has 1 heterocycles. The van der Waals surface area contributed by atoms with E-state index in [1.807, 2.05) is 6.92 Å². The Kier molecular flexibility index (Phi) is 4.34. The van der Waals surface area contributed by atoms with Crippen LogP contribution in [0.2, 0.25) is 0 Å². The van der Waals surface area contributed by atoms with E-state index in [-0.39, 0.29) is 11.4 Å². The summed E-state index contributed by atoms with van der Waals surface area (Å²) in [6.45, 7) is 1.81. The number of carbonyl (C=O) groups is 1. The van der Waals surface area contributed by atoms with Crippen molar-refractivity contribution in [2.24, 2.45) is 5.84 Å². The number of nitrogens with two attached hydrogens (primary N) is 1. The minimum atomic E-state index is -0.802. The third kappa shape index (κ3) is 3.09. The lowest BCUT2D eigenvalue weighted by Crippen LogP contribution is -2.18. The highest BCUT2D eigenvalue weighted by Crippen LogP contribution is 2.22. The number of carbonyl (C=O) groups excluding carboxylic acids is 1. The quantitative estimate of drug-likeness (QED) is 0.592. The second kappa shape index (κ2) is 6.19. The summed E-state index contributed by atoms with van der Waals surface area (Å²) in [7, 11) is 1.56. The first-order chi connectivity index (χ1) is 10.1. The van der Waals surface area contributed by atoms with Gasteiger partial charge in [0, 0.05) is 11.9 Å². The highest BCUT2D eigenvalue weighted by atomic mass is 19.1. The Bertz CT molecular complexity index is 676. The molecule has 0 spiro atoms. The molecule has 0 bridgehead atoms. The third-order valence-corrected chi connectivity index (χ3v) is 2.95. The maximum Gasteiger partial charge on any atom is 0.258 e. The van der Waals surface area contributed by atoms with E-state index in [2.05, 4.69) is 15.7 Å². The largest absolute Gasteiger partial charge is 0.497 e. The summed E-state index contributed by atoms with van der Waals surface area (Å²) in [5.74, 6) is 4.23. The number of halogens is 1. The van der Waals surface area contributed by atoms with Crippen LogP contribution in [0.1, 0.15) is 15.9 Å². The predicted octanol–water partition coefficient (Wildman–Crippen LogP) is 2.08. The first-order valence-corrected chi connectivity index (χ1v) is 6.14. The highest BCUT2D eigenvalue weighted by molar-refractivity contribution is 6.05. The van der Waals surface area contributed by atoms with Gasteiger partial charge in [0.1, 0.15) is 5.75 Å². The Labute approximate surface area is 121 Å². The molecule has 6 nitrogen and oxygen atoms in total. The topological polar surface area (TPSA) is 89.3 Å². The normalized spacial score (nSPS) is 10.1. The van der Waals surface area contributed by atoms with Crippen LogP contribution >= 0.6 is 0 Å². The van der Waals surface area contributed by atoms with E-state index >= 15 is 0 Å². The number of amides is 1. The van der Waals surface area contributed by atoms with E-state index in [1.165, 1.54) is 12.3 Å².